The topological polar surface area (TPSA) is 33.1 Å². The molecule has 0 bridgehead atoms. The van der Waals surface area contributed by atoms with Gasteiger partial charge in [0.2, 0.25) is 0 Å². The maximum atomic E-state index is 13.5. The van der Waals surface area contributed by atoms with Crippen LogP contribution in [-0.4, -0.2) is 10.1 Å². The molecule has 0 saturated heterocycles. The summed E-state index contributed by atoms with van der Waals surface area (Å²) in [5, 5.41) is 10.4. The summed E-state index contributed by atoms with van der Waals surface area (Å²) in [7, 11) is 0. The molecule has 1 aromatic rings. The van der Waals surface area contributed by atoms with Gasteiger partial charge in [-0.25, -0.2) is 4.39 Å². The summed E-state index contributed by atoms with van der Waals surface area (Å²) in [6, 6.07) is 1.57. The molecule has 84 valence electrons. The van der Waals surface area contributed by atoms with Crippen LogP contribution in [-0.2, 0) is 5.60 Å². The molecule has 0 aromatic carbocycles. The zero-order valence-corrected chi connectivity index (χ0v) is 9.33. The number of halogens is 1. The van der Waals surface area contributed by atoms with Crippen molar-refractivity contribution >= 4 is 0 Å². The van der Waals surface area contributed by atoms with Gasteiger partial charge in [0.05, 0.1) is 11.8 Å². The minimum Gasteiger partial charge on any atom is -0.385 e. The van der Waals surface area contributed by atoms with Gasteiger partial charge in [-0.15, -0.1) is 0 Å². The summed E-state index contributed by atoms with van der Waals surface area (Å²) in [6.07, 6.45) is 5.51. The Labute approximate surface area is 90.2 Å². The molecule has 1 rings (SSSR count). The lowest BCUT2D eigenvalue weighted by Crippen LogP contribution is -2.26. The van der Waals surface area contributed by atoms with Crippen LogP contribution in [0.4, 0.5) is 4.39 Å². The van der Waals surface area contributed by atoms with Gasteiger partial charge < -0.3 is 5.11 Å². The van der Waals surface area contributed by atoms with Crippen molar-refractivity contribution in [2.45, 2.75) is 45.1 Å². The van der Waals surface area contributed by atoms with Crippen molar-refractivity contribution in [3.63, 3.8) is 0 Å². The van der Waals surface area contributed by atoms with Gasteiger partial charge in [-0.3, -0.25) is 4.98 Å². The number of hydrogen-bond acceptors (Lipinski definition) is 2. The van der Waals surface area contributed by atoms with Crippen molar-refractivity contribution in [3.05, 3.63) is 29.8 Å². The van der Waals surface area contributed by atoms with Crippen LogP contribution in [0, 0.1) is 5.82 Å². The largest absolute Gasteiger partial charge is 0.385 e. The fourth-order valence-corrected chi connectivity index (χ4v) is 1.97. The highest BCUT2D eigenvalue weighted by atomic mass is 19.1. The lowest BCUT2D eigenvalue weighted by molar-refractivity contribution is 0.0135. The standard InChI is InChI=1S/C12H18FNO/c1-3-6-12(15,7-4-2)10-5-8-14-9-11(10)13/h5,8-9,15H,3-4,6-7H2,1-2H3. The van der Waals surface area contributed by atoms with Crippen LogP contribution in [0.2, 0.25) is 0 Å². The van der Waals surface area contributed by atoms with E-state index in [0.29, 0.717) is 18.4 Å². The molecule has 0 radical (unpaired) electrons. The second-order valence-corrected chi connectivity index (χ2v) is 3.89. The number of aliphatic hydroxyl groups is 1. The third kappa shape index (κ3) is 2.75. The van der Waals surface area contributed by atoms with Gasteiger partial charge in [0.1, 0.15) is 5.82 Å². The highest BCUT2D eigenvalue weighted by molar-refractivity contribution is 5.21. The van der Waals surface area contributed by atoms with Crippen molar-refractivity contribution in [1.82, 2.24) is 4.98 Å². The normalized spacial score (nSPS) is 11.7. The van der Waals surface area contributed by atoms with Gasteiger partial charge in [-0.2, -0.15) is 0 Å². The van der Waals surface area contributed by atoms with E-state index in [0.717, 1.165) is 19.0 Å². The molecule has 2 nitrogen and oxygen atoms in total. The van der Waals surface area contributed by atoms with E-state index in [1.54, 1.807) is 6.07 Å². The first-order chi connectivity index (χ1) is 7.14. The molecule has 15 heavy (non-hydrogen) atoms. The van der Waals surface area contributed by atoms with Crippen LogP contribution in [0.1, 0.15) is 45.1 Å². The molecular weight excluding hydrogens is 193 g/mol. The minimum atomic E-state index is -1.03. The van der Waals surface area contributed by atoms with Crippen LogP contribution < -0.4 is 0 Å². The average molecular weight is 211 g/mol. The number of aromatic nitrogens is 1. The average Bonchev–Trinajstić information content (AvgIpc) is 2.19. The van der Waals surface area contributed by atoms with E-state index in [-0.39, 0.29) is 0 Å². The summed E-state index contributed by atoms with van der Waals surface area (Å²) < 4.78 is 13.5. The van der Waals surface area contributed by atoms with Crippen LogP contribution in [0.15, 0.2) is 18.5 Å². The molecule has 1 aromatic heterocycles. The van der Waals surface area contributed by atoms with E-state index in [4.69, 9.17) is 0 Å². The Bertz CT molecular complexity index is 308. The van der Waals surface area contributed by atoms with E-state index >= 15 is 0 Å². The Hall–Kier alpha value is -0.960. The van der Waals surface area contributed by atoms with E-state index in [9.17, 15) is 9.50 Å². The molecule has 3 heteroatoms. The molecule has 0 atom stereocenters. The first kappa shape index (κ1) is 12.1. The van der Waals surface area contributed by atoms with Gasteiger partial charge in [0.25, 0.3) is 0 Å². The summed E-state index contributed by atoms with van der Waals surface area (Å²) in [4.78, 5) is 3.69. The first-order valence-electron chi connectivity index (χ1n) is 5.46. The Kier molecular flexibility index (Phi) is 4.21. The lowest BCUT2D eigenvalue weighted by Gasteiger charge is -2.28. The molecule has 0 aliphatic heterocycles. The summed E-state index contributed by atoms with van der Waals surface area (Å²) >= 11 is 0. The number of pyridine rings is 1. The van der Waals surface area contributed by atoms with Crippen molar-refractivity contribution in [2.24, 2.45) is 0 Å². The van der Waals surface area contributed by atoms with Crippen LogP contribution >= 0.6 is 0 Å². The van der Waals surface area contributed by atoms with Crippen LogP contribution in [0.25, 0.3) is 0 Å². The summed E-state index contributed by atoms with van der Waals surface area (Å²) in [5.74, 6) is -0.415. The van der Waals surface area contributed by atoms with Crippen molar-refractivity contribution in [3.8, 4) is 0 Å². The van der Waals surface area contributed by atoms with E-state index in [1.165, 1.54) is 6.20 Å². The van der Waals surface area contributed by atoms with Crippen molar-refractivity contribution in [1.29, 1.82) is 0 Å². The number of rotatable bonds is 5. The molecule has 0 saturated carbocycles. The Morgan fingerprint density at radius 3 is 2.40 bits per heavy atom. The maximum Gasteiger partial charge on any atom is 0.147 e. The second-order valence-electron chi connectivity index (χ2n) is 3.89. The first-order valence-corrected chi connectivity index (χ1v) is 5.46. The Morgan fingerprint density at radius 1 is 1.33 bits per heavy atom. The molecular formula is C12H18FNO. The van der Waals surface area contributed by atoms with E-state index < -0.39 is 11.4 Å². The van der Waals surface area contributed by atoms with Gasteiger partial charge >= 0.3 is 0 Å². The van der Waals surface area contributed by atoms with Gasteiger partial charge in [-0.1, -0.05) is 26.7 Å². The second kappa shape index (κ2) is 5.21. The molecule has 0 spiro atoms. The summed E-state index contributed by atoms with van der Waals surface area (Å²) in [5.41, 5.74) is -0.655. The third-order valence-corrected chi connectivity index (χ3v) is 2.60. The quantitative estimate of drug-likeness (QED) is 0.812. The van der Waals surface area contributed by atoms with Gasteiger partial charge in [-0.05, 0) is 18.9 Å². The SMILES string of the molecule is CCCC(O)(CCC)c1ccncc1F. The zero-order chi connectivity index (χ0) is 11.3. The zero-order valence-electron chi connectivity index (χ0n) is 9.33. The van der Waals surface area contributed by atoms with Gasteiger partial charge in [0.15, 0.2) is 0 Å². The van der Waals surface area contributed by atoms with E-state index in [2.05, 4.69) is 4.98 Å². The summed E-state index contributed by atoms with van der Waals surface area (Å²) in [6.45, 7) is 3.97. The molecule has 0 aliphatic rings. The van der Waals surface area contributed by atoms with Gasteiger partial charge in [0, 0.05) is 11.8 Å². The fraction of sp³-hybridized carbons (Fsp3) is 0.583. The number of nitrogens with zero attached hydrogens (tertiary/aromatic N) is 1. The molecule has 1 heterocycles. The predicted octanol–water partition coefficient (Wildman–Crippen LogP) is 3.01. The maximum absolute atomic E-state index is 13.5. The predicted molar refractivity (Wildman–Crippen MR) is 57.9 cm³/mol. The van der Waals surface area contributed by atoms with Crippen LogP contribution in [0.3, 0.4) is 0 Å². The Balaban J connectivity index is 3.03. The molecule has 1 N–H and O–H groups in total. The Morgan fingerprint density at radius 2 is 1.93 bits per heavy atom. The minimum absolute atomic E-state index is 0.376. The molecule has 0 amide bonds. The lowest BCUT2D eigenvalue weighted by atomic mass is 9.85. The number of hydrogen-bond donors (Lipinski definition) is 1. The van der Waals surface area contributed by atoms with E-state index in [1.807, 2.05) is 13.8 Å². The molecule has 0 aliphatic carbocycles. The highest BCUT2D eigenvalue weighted by Gasteiger charge is 2.29. The monoisotopic (exact) mass is 211 g/mol. The van der Waals surface area contributed by atoms with Crippen molar-refractivity contribution in [2.75, 3.05) is 0 Å². The smallest absolute Gasteiger partial charge is 0.147 e. The molecule has 0 fully saturated rings. The third-order valence-electron chi connectivity index (χ3n) is 2.60. The van der Waals surface area contributed by atoms with Crippen LogP contribution in [0.5, 0.6) is 0 Å². The highest BCUT2D eigenvalue weighted by Crippen LogP contribution is 2.32. The van der Waals surface area contributed by atoms with Crippen molar-refractivity contribution < 1.29 is 9.50 Å². The molecule has 0 unspecified atom stereocenters. The fourth-order valence-electron chi connectivity index (χ4n) is 1.97.